The van der Waals surface area contributed by atoms with Gasteiger partial charge in [0.1, 0.15) is 6.10 Å². The predicted octanol–water partition coefficient (Wildman–Crippen LogP) is 2.14. The highest BCUT2D eigenvalue weighted by Crippen LogP contribution is 2.28. The van der Waals surface area contributed by atoms with Gasteiger partial charge in [0.05, 0.1) is 12.2 Å². The van der Waals surface area contributed by atoms with Crippen molar-refractivity contribution in [2.75, 3.05) is 0 Å². The largest absolute Gasteiger partial charge is 0.463 e. The van der Waals surface area contributed by atoms with Gasteiger partial charge in [-0.15, -0.1) is 0 Å². The monoisotopic (exact) mass is 200 g/mol. The zero-order valence-electron chi connectivity index (χ0n) is 9.45. The molecule has 0 aromatic heterocycles. The van der Waals surface area contributed by atoms with Crippen molar-refractivity contribution in [3.63, 3.8) is 0 Å². The quantitative estimate of drug-likeness (QED) is 0.641. The van der Waals surface area contributed by atoms with E-state index in [2.05, 4.69) is 13.8 Å². The maximum absolute atomic E-state index is 10.8. The van der Waals surface area contributed by atoms with Crippen molar-refractivity contribution in [1.29, 1.82) is 0 Å². The third-order valence-corrected chi connectivity index (χ3v) is 2.75. The summed E-state index contributed by atoms with van der Waals surface area (Å²) in [4.78, 5) is 10.8. The van der Waals surface area contributed by atoms with E-state index < -0.39 is 0 Å². The molecule has 0 aliphatic carbocycles. The molecule has 0 aromatic carbocycles. The lowest BCUT2D eigenvalue weighted by Crippen LogP contribution is -2.36. The first-order chi connectivity index (χ1) is 6.49. The molecule has 0 radical (unpaired) electrons. The smallest absolute Gasteiger partial charge is 0.302 e. The van der Waals surface area contributed by atoms with Crippen LogP contribution in [0.4, 0.5) is 0 Å². The van der Waals surface area contributed by atoms with Crippen LogP contribution in [0.25, 0.3) is 0 Å². The third kappa shape index (κ3) is 3.29. The van der Waals surface area contributed by atoms with Gasteiger partial charge in [-0.2, -0.15) is 0 Å². The fraction of sp³-hybridized carbons (Fsp3) is 0.909. The molecule has 0 amide bonds. The van der Waals surface area contributed by atoms with Gasteiger partial charge >= 0.3 is 5.97 Å². The number of carbonyl (C=O) groups excluding carboxylic acids is 1. The zero-order chi connectivity index (χ0) is 10.7. The number of hydrogen-bond acceptors (Lipinski definition) is 3. The Labute approximate surface area is 85.8 Å². The Morgan fingerprint density at radius 1 is 1.36 bits per heavy atom. The number of ether oxygens (including phenoxy) is 2. The molecular formula is C11H20O3. The first kappa shape index (κ1) is 11.5. The van der Waals surface area contributed by atoms with E-state index in [1.54, 1.807) is 0 Å². The molecule has 14 heavy (non-hydrogen) atoms. The number of hydrogen-bond donors (Lipinski definition) is 0. The van der Waals surface area contributed by atoms with Gasteiger partial charge in [-0.3, -0.25) is 4.79 Å². The van der Waals surface area contributed by atoms with Crippen molar-refractivity contribution in [2.24, 2.45) is 5.92 Å². The molecule has 3 heteroatoms. The molecule has 0 saturated carbocycles. The second kappa shape index (κ2) is 4.78. The molecule has 1 rings (SSSR count). The molecule has 1 saturated heterocycles. The minimum atomic E-state index is -0.190. The minimum Gasteiger partial charge on any atom is -0.463 e. The van der Waals surface area contributed by atoms with E-state index in [0.29, 0.717) is 5.92 Å². The first-order valence-electron chi connectivity index (χ1n) is 5.31. The molecule has 1 heterocycles. The normalized spacial score (nSPS) is 35.0. The highest BCUT2D eigenvalue weighted by Gasteiger charge is 2.29. The van der Waals surface area contributed by atoms with Crippen LogP contribution >= 0.6 is 0 Å². The summed E-state index contributed by atoms with van der Waals surface area (Å²) in [6, 6.07) is 0. The summed E-state index contributed by atoms with van der Waals surface area (Å²) >= 11 is 0. The maximum Gasteiger partial charge on any atom is 0.302 e. The number of esters is 1. The van der Waals surface area contributed by atoms with E-state index in [1.807, 2.05) is 6.92 Å². The van der Waals surface area contributed by atoms with Gasteiger partial charge in [-0.1, -0.05) is 0 Å². The Morgan fingerprint density at radius 3 is 2.29 bits per heavy atom. The highest BCUT2D eigenvalue weighted by atomic mass is 16.5. The van der Waals surface area contributed by atoms with Crippen LogP contribution in [0.3, 0.4) is 0 Å². The van der Waals surface area contributed by atoms with Crippen molar-refractivity contribution in [1.82, 2.24) is 0 Å². The molecule has 0 spiro atoms. The molecule has 1 aliphatic rings. The molecule has 1 aliphatic heterocycles. The predicted molar refractivity (Wildman–Crippen MR) is 54.0 cm³/mol. The second-order valence-electron chi connectivity index (χ2n) is 4.30. The van der Waals surface area contributed by atoms with Crippen molar-refractivity contribution < 1.29 is 14.3 Å². The van der Waals surface area contributed by atoms with Crippen molar-refractivity contribution in [3.05, 3.63) is 0 Å². The maximum atomic E-state index is 10.8. The van der Waals surface area contributed by atoms with Crippen LogP contribution in [0.15, 0.2) is 0 Å². The van der Waals surface area contributed by atoms with Crippen LogP contribution in [0.2, 0.25) is 0 Å². The van der Waals surface area contributed by atoms with Gasteiger partial charge in [0, 0.05) is 12.8 Å². The summed E-state index contributed by atoms with van der Waals surface area (Å²) in [5.41, 5.74) is 0. The number of carbonyl (C=O) groups is 1. The minimum absolute atomic E-state index is 0.0151. The van der Waals surface area contributed by atoms with Crippen LogP contribution in [-0.2, 0) is 14.3 Å². The van der Waals surface area contributed by atoms with Crippen LogP contribution < -0.4 is 0 Å². The lowest BCUT2D eigenvalue weighted by molar-refractivity contribution is -0.153. The molecular weight excluding hydrogens is 180 g/mol. The Kier molecular flexibility index (Phi) is 3.93. The van der Waals surface area contributed by atoms with Crippen molar-refractivity contribution in [2.45, 2.75) is 58.8 Å². The topological polar surface area (TPSA) is 35.5 Å². The van der Waals surface area contributed by atoms with Crippen LogP contribution in [0.5, 0.6) is 0 Å². The average molecular weight is 200 g/mol. The summed E-state index contributed by atoms with van der Waals surface area (Å²) in [5, 5.41) is 0. The fourth-order valence-corrected chi connectivity index (χ4v) is 2.20. The number of rotatable bonds is 2. The summed E-state index contributed by atoms with van der Waals surface area (Å²) in [5.74, 6) is 0.252. The van der Waals surface area contributed by atoms with Crippen LogP contribution in [0, 0.1) is 5.92 Å². The van der Waals surface area contributed by atoms with Crippen molar-refractivity contribution >= 4 is 5.97 Å². The lowest BCUT2D eigenvalue weighted by atomic mass is 9.88. The SMILES string of the molecule is CC(=O)OC(C)C1CC(C)OC(C)C1. The molecule has 82 valence electrons. The van der Waals surface area contributed by atoms with Gasteiger partial charge in [-0.05, 0) is 33.6 Å². The molecule has 0 aromatic rings. The van der Waals surface area contributed by atoms with Gasteiger partial charge in [0.2, 0.25) is 0 Å². The van der Waals surface area contributed by atoms with E-state index in [9.17, 15) is 4.79 Å². The molecule has 3 atom stereocenters. The molecule has 0 bridgehead atoms. The highest BCUT2D eigenvalue weighted by molar-refractivity contribution is 5.66. The van der Waals surface area contributed by atoms with Gasteiger partial charge in [-0.25, -0.2) is 0 Å². The summed E-state index contributed by atoms with van der Waals surface area (Å²) in [7, 11) is 0. The Hall–Kier alpha value is -0.570. The van der Waals surface area contributed by atoms with Crippen LogP contribution in [-0.4, -0.2) is 24.3 Å². The van der Waals surface area contributed by atoms with E-state index >= 15 is 0 Å². The third-order valence-electron chi connectivity index (χ3n) is 2.75. The van der Waals surface area contributed by atoms with E-state index in [0.717, 1.165) is 12.8 Å². The second-order valence-corrected chi connectivity index (χ2v) is 4.30. The first-order valence-corrected chi connectivity index (χ1v) is 5.31. The molecule has 3 nitrogen and oxygen atoms in total. The average Bonchev–Trinajstić information content (AvgIpc) is 2.00. The lowest BCUT2D eigenvalue weighted by Gasteiger charge is -2.34. The van der Waals surface area contributed by atoms with Crippen LogP contribution in [0.1, 0.15) is 40.5 Å². The Bertz CT molecular complexity index is 193. The Balaban J connectivity index is 2.46. The Morgan fingerprint density at radius 2 is 1.86 bits per heavy atom. The summed E-state index contributed by atoms with van der Waals surface area (Å²) in [6.45, 7) is 7.58. The van der Waals surface area contributed by atoms with Gasteiger partial charge in [0.25, 0.3) is 0 Å². The van der Waals surface area contributed by atoms with E-state index in [-0.39, 0.29) is 24.3 Å². The van der Waals surface area contributed by atoms with Crippen molar-refractivity contribution in [3.8, 4) is 0 Å². The van der Waals surface area contributed by atoms with Gasteiger partial charge in [0.15, 0.2) is 0 Å². The van der Waals surface area contributed by atoms with E-state index in [1.165, 1.54) is 6.92 Å². The standard InChI is InChI=1S/C11H20O3/c1-7-5-11(6-8(2)13-7)9(3)14-10(4)12/h7-9,11H,5-6H2,1-4H3. The molecule has 0 N–H and O–H groups in total. The van der Waals surface area contributed by atoms with Gasteiger partial charge < -0.3 is 9.47 Å². The molecule has 1 fully saturated rings. The fourth-order valence-electron chi connectivity index (χ4n) is 2.20. The summed E-state index contributed by atoms with van der Waals surface area (Å²) < 4.78 is 10.8. The van der Waals surface area contributed by atoms with E-state index in [4.69, 9.17) is 9.47 Å². The zero-order valence-corrected chi connectivity index (χ0v) is 9.45. The summed E-state index contributed by atoms with van der Waals surface area (Å²) in [6.07, 6.45) is 2.54. The molecule has 3 unspecified atom stereocenters.